The van der Waals surface area contributed by atoms with Gasteiger partial charge in [0, 0.05) is 52.3 Å². The first kappa shape index (κ1) is 22.7. The van der Waals surface area contributed by atoms with Gasteiger partial charge >= 0.3 is 0 Å². The van der Waals surface area contributed by atoms with E-state index in [1.165, 1.54) is 11.3 Å². The highest BCUT2D eigenvalue weighted by Gasteiger charge is 2.28. The van der Waals surface area contributed by atoms with Crippen molar-refractivity contribution in [3.63, 3.8) is 0 Å². The number of halogens is 1. The zero-order valence-corrected chi connectivity index (χ0v) is 20.7. The Morgan fingerprint density at radius 1 is 1.18 bits per heavy atom. The Morgan fingerprint density at radius 3 is 2.74 bits per heavy atom. The van der Waals surface area contributed by atoms with Crippen LogP contribution in [0.3, 0.4) is 0 Å². The molecule has 6 nitrogen and oxygen atoms in total. The smallest absolute Gasteiger partial charge is 0.205 e. The molecule has 1 aliphatic rings. The molecule has 8 heteroatoms. The zero-order valence-electron chi connectivity index (χ0n) is 19.1. The average molecular weight is 494 g/mol. The number of pyridine rings is 1. The number of nitrogen functional groups attached to an aromatic ring is 1. The zero-order chi connectivity index (χ0) is 24.0. The summed E-state index contributed by atoms with van der Waals surface area (Å²) >= 11 is 7.46. The largest absolute Gasteiger partial charge is 0.497 e. The van der Waals surface area contributed by atoms with Gasteiger partial charge in [-0.1, -0.05) is 23.7 Å². The van der Waals surface area contributed by atoms with Crippen LogP contribution in [0.4, 0.5) is 5.69 Å². The third-order valence-corrected chi connectivity index (χ3v) is 7.52. The van der Waals surface area contributed by atoms with Crippen molar-refractivity contribution in [1.82, 2.24) is 9.88 Å². The summed E-state index contributed by atoms with van der Waals surface area (Å²) in [4.78, 5) is 21.9. The van der Waals surface area contributed by atoms with E-state index in [2.05, 4.69) is 11.9 Å². The number of carbonyl (C=O) groups is 1. The van der Waals surface area contributed by atoms with Crippen LogP contribution in [-0.4, -0.2) is 43.5 Å². The average Bonchev–Trinajstić information content (AvgIpc) is 3.17. The number of anilines is 1. The van der Waals surface area contributed by atoms with Crippen LogP contribution in [0.5, 0.6) is 11.5 Å². The lowest BCUT2D eigenvalue weighted by Gasteiger charge is -2.27. The molecule has 0 fully saturated rings. The standard InChI is InChI=1S/C26H24ClN3O3S/c1-30-10-9-19-18(13-30)21(17-12-16(32-2)7-8-20(17)33-3)22-23(28)25(34-26(22)29-19)24(31)14-5-4-6-15(27)11-14/h4-8,11-12H,9-10,13,28H2,1-3H3. The van der Waals surface area contributed by atoms with E-state index in [9.17, 15) is 4.79 Å². The summed E-state index contributed by atoms with van der Waals surface area (Å²) < 4.78 is 11.3. The van der Waals surface area contributed by atoms with Gasteiger partial charge in [-0.3, -0.25) is 4.79 Å². The Labute approximate surface area is 206 Å². The maximum absolute atomic E-state index is 13.4. The second kappa shape index (κ2) is 8.91. The van der Waals surface area contributed by atoms with Gasteiger partial charge in [-0.15, -0.1) is 11.3 Å². The van der Waals surface area contributed by atoms with Crippen molar-refractivity contribution in [2.75, 3.05) is 33.5 Å². The van der Waals surface area contributed by atoms with Gasteiger partial charge in [0.15, 0.2) is 0 Å². The van der Waals surface area contributed by atoms with Gasteiger partial charge in [-0.05, 0) is 42.9 Å². The topological polar surface area (TPSA) is 77.7 Å². The van der Waals surface area contributed by atoms with Gasteiger partial charge in [-0.2, -0.15) is 0 Å². The molecule has 5 rings (SSSR count). The molecular formula is C26H24ClN3O3S. The molecule has 1 aliphatic heterocycles. The van der Waals surface area contributed by atoms with Crippen LogP contribution >= 0.6 is 22.9 Å². The fourth-order valence-electron chi connectivity index (χ4n) is 4.50. The summed E-state index contributed by atoms with van der Waals surface area (Å²) in [5, 5.41) is 1.28. The van der Waals surface area contributed by atoms with Crippen molar-refractivity contribution in [1.29, 1.82) is 0 Å². The molecule has 174 valence electrons. The quantitative estimate of drug-likeness (QED) is 0.373. The van der Waals surface area contributed by atoms with E-state index in [-0.39, 0.29) is 5.78 Å². The third kappa shape index (κ3) is 3.79. The molecule has 0 aliphatic carbocycles. The predicted octanol–water partition coefficient (Wildman–Crippen LogP) is 5.44. The van der Waals surface area contributed by atoms with E-state index in [0.29, 0.717) is 32.6 Å². The highest BCUT2D eigenvalue weighted by Crippen LogP contribution is 2.47. The molecule has 3 heterocycles. The summed E-state index contributed by atoms with van der Waals surface area (Å²) in [6, 6.07) is 12.6. The summed E-state index contributed by atoms with van der Waals surface area (Å²) in [6.45, 7) is 1.64. The first-order valence-corrected chi connectivity index (χ1v) is 12.1. The molecule has 0 spiro atoms. The molecule has 0 atom stereocenters. The Kier molecular flexibility index (Phi) is 5.93. The second-order valence-corrected chi connectivity index (χ2v) is 9.77. The number of hydrogen-bond acceptors (Lipinski definition) is 7. The van der Waals surface area contributed by atoms with Crippen molar-refractivity contribution in [2.24, 2.45) is 0 Å². The second-order valence-electron chi connectivity index (χ2n) is 8.33. The first-order valence-electron chi connectivity index (χ1n) is 10.9. The number of benzene rings is 2. The number of carbonyl (C=O) groups excluding carboxylic acids is 1. The van der Waals surface area contributed by atoms with Crippen LogP contribution in [0.1, 0.15) is 26.5 Å². The molecule has 2 aromatic carbocycles. The minimum Gasteiger partial charge on any atom is -0.497 e. The lowest BCUT2D eigenvalue weighted by Crippen LogP contribution is -2.28. The minimum atomic E-state index is -0.165. The molecule has 0 bridgehead atoms. The van der Waals surface area contributed by atoms with Crippen LogP contribution in [0.2, 0.25) is 5.02 Å². The number of aromatic nitrogens is 1. The number of rotatable bonds is 5. The Balaban J connectivity index is 1.82. The van der Waals surface area contributed by atoms with E-state index < -0.39 is 0 Å². The highest BCUT2D eigenvalue weighted by atomic mass is 35.5. The van der Waals surface area contributed by atoms with Crippen LogP contribution < -0.4 is 15.2 Å². The molecule has 0 amide bonds. The van der Waals surface area contributed by atoms with Gasteiger partial charge in [0.2, 0.25) is 5.78 Å². The molecule has 0 radical (unpaired) electrons. The van der Waals surface area contributed by atoms with E-state index in [0.717, 1.165) is 52.1 Å². The van der Waals surface area contributed by atoms with Crippen LogP contribution in [0.15, 0.2) is 42.5 Å². The fraction of sp³-hybridized carbons (Fsp3) is 0.231. The van der Waals surface area contributed by atoms with Crippen molar-refractivity contribution < 1.29 is 14.3 Å². The molecule has 0 unspecified atom stereocenters. The number of hydrogen-bond donors (Lipinski definition) is 1. The van der Waals surface area contributed by atoms with Crippen molar-refractivity contribution in [3.8, 4) is 22.6 Å². The van der Waals surface area contributed by atoms with Crippen molar-refractivity contribution in [2.45, 2.75) is 13.0 Å². The monoisotopic (exact) mass is 493 g/mol. The van der Waals surface area contributed by atoms with Gasteiger partial charge in [0.1, 0.15) is 21.2 Å². The SMILES string of the molecule is COc1ccc(OC)c(-c2c3c(nc4sc(C(=O)c5cccc(Cl)c5)c(N)c24)CCN(C)C3)c1. The van der Waals surface area contributed by atoms with Crippen LogP contribution in [0, 0.1) is 0 Å². The molecule has 2 aromatic heterocycles. The summed E-state index contributed by atoms with van der Waals surface area (Å²) in [6.07, 6.45) is 0.816. The van der Waals surface area contributed by atoms with E-state index >= 15 is 0 Å². The predicted molar refractivity (Wildman–Crippen MR) is 137 cm³/mol. The number of ether oxygens (including phenoxy) is 2. The summed E-state index contributed by atoms with van der Waals surface area (Å²) in [5.41, 5.74) is 11.6. The van der Waals surface area contributed by atoms with Crippen molar-refractivity contribution in [3.05, 3.63) is 69.2 Å². The Hall–Kier alpha value is -3.13. The third-order valence-electron chi connectivity index (χ3n) is 6.19. The molecule has 4 aromatic rings. The number of nitrogens with zero attached hydrogens (tertiary/aromatic N) is 2. The van der Waals surface area contributed by atoms with Gasteiger partial charge in [-0.25, -0.2) is 4.98 Å². The van der Waals surface area contributed by atoms with Gasteiger partial charge in [0.05, 0.1) is 19.9 Å². The number of methoxy groups -OCH3 is 2. The summed E-state index contributed by atoms with van der Waals surface area (Å²) in [5.74, 6) is 1.25. The minimum absolute atomic E-state index is 0.165. The molecule has 0 saturated carbocycles. The van der Waals surface area contributed by atoms with E-state index in [4.69, 9.17) is 31.8 Å². The van der Waals surface area contributed by atoms with Gasteiger partial charge in [0.25, 0.3) is 0 Å². The maximum atomic E-state index is 13.4. The summed E-state index contributed by atoms with van der Waals surface area (Å²) in [7, 11) is 5.37. The van der Waals surface area contributed by atoms with E-state index in [1.807, 2.05) is 18.2 Å². The van der Waals surface area contributed by atoms with Crippen LogP contribution in [-0.2, 0) is 13.0 Å². The Morgan fingerprint density at radius 2 is 2.00 bits per heavy atom. The molecule has 2 N–H and O–H groups in total. The number of ketones is 1. The number of nitrogens with two attached hydrogens (primary N) is 1. The molecule has 0 saturated heterocycles. The maximum Gasteiger partial charge on any atom is 0.205 e. The Bertz CT molecular complexity index is 1430. The number of thiophene rings is 1. The first-order chi connectivity index (χ1) is 16.4. The highest BCUT2D eigenvalue weighted by molar-refractivity contribution is 7.21. The number of likely N-dealkylation sites (N-methyl/N-ethyl adjacent to an activating group) is 1. The normalized spacial score (nSPS) is 13.6. The van der Waals surface area contributed by atoms with Crippen LogP contribution in [0.25, 0.3) is 21.3 Å². The lowest BCUT2D eigenvalue weighted by atomic mass is 9.91. The number of fused-ring (bicyclic) bond motifs is 2. The fourth-order valence-corrected chi connectivity index (χ4v) is 5.77. The molecule has 34 heavy (non-hydrogen) atoms. The molecular weight excluding hydrogens is 470 g/mol. The van der Waals surface area contributed by atoms with Gasteiger partial charge < -0.3 is 20.1 Å². The van der Waals surface area contributed by atoms with Crippen molar-refractivity contribution >= 4 is 44.6 Å². The van der Waals surface area contributed by atoms with E-state index in [1.54, 1.807) is 38.5 Å². The lowest BCUT2D eigenvalue weighted by molar-refractivity contribution is 0.104.